The number of para-hydroxylation sites is 1. The minimum Gasteiger partial charge on any atom is -0.478 e. The third-order valence-electron chi connectivity index (χ3n) is 4.94. The molecule has 168 valence electrons. The number of nitrogens with zero attached hydrogens (tertiary/aromatic N) is 1. The number of thiazole rings is 1. The number of rotatable bonds is 9. The molecule has 0 saturated carbocycles. The fraction of sp³-hybridized carbons (Fsp3) is 0.231. The number of carboxylic acids is 1. The number of allylic oxidation sites excluding steroid dienone is 8. The van der Waals surface area contributed by atoms with Crippen molar-refractivity contribution in [2.24, 2.45) is 0 Å². The van der Waals surface area contributed by atoms with Gasteiger partial charge in [-0.25, -0.2) is 9.78 Å². The molecule has 0 fully saturated rings. The molecule has 0 aliphatic rings. The molecule has 5 nitrogen and oxygen atoms in total. The van der Waals surface area contributed by atoms with E-state index in [2.05, 4.69) is 32.0 Å². The van der Waals surface area contributed by atoms with Gasteiger partial charge in [0.05, 0.1) is 16.4 Å². The number of nitrogens with one attached hydrogen (secondary N) is 1. The normalized spacial score (nSPS) is 13.8. The summed E-state index contributed by atoms with van der Waals surface area (Å²) in [5.74, 6) is -1.05. The Kier molecular flexibility index (Phi) is 8.93. The lowest BCUT2D eigenvalue weighted by molar-refractivity contribution is -0.132. The maximum atomic E-state index is 11.7. The number of benzene rings is 1. The summed E-state index contributed by atoms with van der Waals surface area (Å²) in [4.78, 5) is 16.5. The van der Waals surface area contributed by atoms with Gasteiger partial charge in [-0.2, -0.15) is 0 Å². The average Bonchev–Trinajstić information content (AvgIpc) is 3.23. The monoisotopic (exact) mass is 450 g/mol. The lowest BCUT2D eigenvalue weighted by Gasteiger charge is -2.12. The number of aromatic nitrogens is 1. The predicted octanol–water partition coefficient (Wildman–Crippen LogP) is 7.09. The highest BCUT2D eigenvalue weighted by atomic mass is 32.1. The summed E-state index contributed by atoms with van der Waals surface area (Å²) in [7, 11) is 0. The Hall–Kier alpha value is -3.22. The van der Waals surface area contributed by atoms with Crippen LogP contribution >= 0.6 is 11.3 Å². The topological polar surface area (TPSA) is 82.5 Å². The van der Waals surface area contributed by atoms with Crippen molar-refractivity contribution in [1.82, 2.24) is 4.98 Å². The number of hydrogen-bond acceptors (Lipinski definition) is 5. The summed E-state index contributed by atoms with van der Waals surface area (Å²) >= 11 is 1.56. The van der Waals surface area contributed by atoms with Crippen molar-refractivity contribution in [3.05, 3.63) is 93.5 Å². The van der Waals surface area contributed by atoms with Gasteiger partial charge >= 0.3 is 5.97 Å². The van der Waals surface area contributed by atoms with Gasteiger partial charge in [0.15, 0.2) is 0 Å². The van der Waals surface area contributed by atoms with Gasteiger partial charge in [0.1, 0.15) is 0 Å². The Morgan fingerprint density at radius 1 is 1.19 bits per heavy atom. The summed E-state index contributed by atoms with van der Waals surface area (Å²) in [5.41, 5.74) is 8.08. The minimum atomic E-state index is -1.02. The maximum absolute atomic E-state index is 11.7. The lowest BCUT2D eigenvalue weighted by atomic mass is 9.97. The fourth-order valence-corrected chi connectivity index (χ4v) is 4.13. The lowest BCUT2D eigenvalue weighted by Crippen LogP contribution is -2.02. The molecule has 0 radical (unpaired) electrons. The number of hydrogen-bond donors (Lipinski definition) is 3. The zero-order valence-electron chi connectivity index (χ0n) is 19.1. The first-order valence-electron chi connectivity index (χ1n) is 10.3. The molecule has 1 aromatic carbocycles. The van der Waals surface area contributed by atoms with Crippen LogP contribution in [-0.2, 0) is 4.79 Å². The predicted molar refractivity (Wildman–Crippen MR) is 134 cm³/mol. The fourth-order valence-electron chi connectivity index (χ4n) is 3.27. The average molecular weight is 451 g/mol. The van der Waals surface area contributed by atoms with Gasteiger partial charge in [-0.1, -0.05) is 61.6 Å². The molecular formula is C26H30N2O3S. The van der Waals surface area contributed by atoms with Gasteiger partial charge in [-0.15, -0.1) is 11.3 Å². The van der Waals surface area contributed by atoms with E-state index >= 15 is 0 Å². The van der Waals surface area contributed by atoms with Crippen molar-refractivity contribution in [3.8, 4) is 0 Å². The molecule has 0 bridgehead atoms. The van der Waals surface area contributed by atoms with Crippen molar-refractivity contribution < 1.29 is 15.1 Å². The van der Waals surface area contributed by atoms with Gasteiger partial charge in [-0.3, -0.25) is 10.7 Å². The second kappa shape index (κ2) is 11.4. The van der Waals surface area contributed by atoms with E-state index in [1.165, 1.54) is 5.57 Å². The van der Waals surface area contributed by atoms with Crippen LogP contribution in [0.1, 0.15) is 56.8 Å². The van der Waals surface area contributed by atoms with Crippen molar-refractivity contribution in [1.29, 1.82) is 0 Å². The molecular weight excluding hydrogens is 420 g/mol. The summed E-state index contributed by atoms with van der Waals surface area (Å²) in [6.45, 7) is 13.7. The first-order valence-corrected chi connectivity index (χ1v) is 11.1. The number of carboxylic acid groups (broad SMARTS) is 1. The standard InChI is InChI=1S/C26H30N2O3S/c1-7-20(18(5)14-16(2)3)24-15-32-25(27-24)17(4)12-13-21(19(6)26(29)30)22-10-8-9-11-23(22)28-31/h7-15,17,28,31H,1H2,2-6H3,(H,29,30). The number of aliphatic carboxylic acids is 1. The van der Waals surface area contributed by atoms with E-state index in [1.807, 2.05) is 31.4 Å². The first kappa shape index (κ1) is 25.0. The molecule has 2 rings (SSSR count). The Bertz CT molecular complexity index is 1120. The largest absolute Gasteiger partial charge is 0.478 e. The van der Waals surface area contributed by atoms with Crippen LogP contribution < -0.4 is 5.48 Å². The maximum Gasteiger partial charge on any atom is 0.331 e. The second-order valence-corrected chi connectivity index (χ2v) is 8.63. The third kappa shape index (κ3) is 6.15. The van der Waals surface area contributed by atoms with Crippen molar-refractivity contribution in [3.63, 3.8) is 0 Å². The van der Waals surface area contributed by atoms with Crippen LogP contribution in [0, 0.1) is 0 Å². The molecule has 6 heteroatoms. The van der Waals surface area contributed by atoms with Gasteiger partial charge in [0, 0.05) is 28.0 Å². The molecule has 0 amide bonds. The Labute approximate surface area is 193 Å². The SMILES string of the molecule is C=CC(=C(C)C=C(C)C)c1csc(C(C)C=CC(=C(C)C(=O)O)c2ccccc2NO)n1. The summed E-state index contributed by atoms with van der Waals surface area (Å²) < 4.78 is 0. The molecule has 0 aliphatic heterocycles. The zero-order chi connectivity index (χ0) is 23.8. The third-order valence-corrected chi connectivity index (χ3v) is 5.98. The highest BCUT2D eigenvalue weighted by molar-refractivity contribution is 7.09. The number of carbonyl (C=O) groups is 1. The number of anilines is 1. The van der Waals surface area contributed by atoms with E-state index in [9.17, 15) is 15.1 Å². The minimum absolute atomic E-state index is 0.0329. The Balaban J connectivity index is 2.42. The molecule has 1 aromatic heterocycles. The summed E-state index contributed by atoms with van der Waals surface area (Å²) in [5, 5.41) is 21.9. The van der Waals surface area contributed by atoms with E-state index in [0.29, 0.717) is 16.8 Å². The van der Waals surface area contributed by atoms with Crippen molar-refractivity contribution >= 4 is 34.1 Å². The molecule has 1 heterocycles. The smallest absolute Gasteiger partial charge is 0.331 e. The quantitative estimate of drug-likeness (QED) is 0.216. The van der Waals surface area contributed by atoms with E-state index < -0.39 is 5.97 Å². The van der Waals surface area contributed by atoms with Crippen LogP contribution in [0.4, 0.5) is 5.69 Å². The molecule has 3 N–H and O–H groups in total. The highest BCUT2D eigenvalue weighted by Gasteiger charge is 2.15. The van der Waals surface area contributed by atoms with Gasteiger partial charge in [-0.05, 0) is 44.9 Å². The van der Waals surface area contributed by atoms with E-state index in [0.717, 1.165) is 21.8 Å². The van der Waals surface area contributed by atoms with Crippen LogP contribution in [0.2, 0.25) is 0 Å². The highest BCUT2D eigenvalue weighted by Crippen LogP contribution is 2.31. The van der Waals surface area contributed by atoms with Crippen LogP contribution in [0.5, 0.6) is 0 Å². The van der Waals surface area contributed by atoms with Crippen LogP contribution in [-0.4, -0.2) is 21.3 Å². The first-order chi connectivity index (χ1) is 15.2. The Morgan fingerprint density at radius 2 is 1.88 bits per heavy atom. The molecule has 0 aliphatic carbocycles. The zero-order valence-corrected chi connectivity index (χ0v) is 20.0. The molecule has 1 unspecified atom stereocenters. The van der Waals surface area contributed by atoms with Gasteiger partial charge in [0.2, 0.25) is 0 Å². The van der Waals surface area contributed by atoms with Crippen LogP contribution in [0.15, 0.2) is 77.2 Å². The molecule has 2 aromatic rings. The summed E-state index contributed by atoms with van der Waals surface area (Å²) in [6.07, 6.45) is 7.64. The summed E-state index contributed by atoms with van der Waals surface area (Å²) in [6, 6.07) is 7.02. The Morgan fingerprint density at radius 3 is 2.47 bits per heavy atom. The molecule has 32 heavy (non-hydrogen) atoms. The van der Waals surface area contributed by atoms with E-state index in [1.54, 1.807) is 48.6 Å². The van der Waals surface area contributed by atoms with Gasteiger partial charge in [0.25, 0.3) is 0 Å². The molecule has 0 saturated heterocycles. The van der Waals surface area contributed by atoms with Gasteiger partial charge < -0.3 is 5.11 Å². The van der Waals surface area contributed by atoms with E-state index in [-0.39, 0.29) is 11.5 Å². The van der Waals surface area contributed by atoms with Crippen molar-refractivity contribution in [2.45, 2.75) is 40.5 Å². The van der Waals surface area contributed by atoms with Crippen LogP contribution in [0.25, 0.3) is 11.1 Å². The molecule has 0 spiro atoms. The van der Waals surface area contributed by atoms with Crippen molar-refractivity contribution in [2.75, 3.05) is 5.48 Å². The van der Waals surface area contributed by atoms with E-state index in [4.69, 9.17) is 4.98 Å². The van der Waals surface area contributed by atoms with Crippen LogP contribution in [0.3, 0.4) is 0 Å². The molecule has 1 atom stereocenters. The second-order valence-electron chi connectivity index (χ2n) is 7.74.